The molecule has 0 spiro atoms. The zero-order valence-corrected chi connectivity index (χ0v) is 15.0. The molecule has 5 nitrogen and oxygen atoms in total. The van der Waals surface area contributed by atoms with Gasteiger partial charge in [0.15, 0.2) is 0 Å². The molecule has 6 heteroatoms. The number of carbonyl (C=O) groups is 1. The maximum absolute atomic E-state index is 12.5. The minimum Gasteiger partial charge on any atom is -0.346 e. The molecule has 1 heterocycles. The van der Waals surface area contributed by atoms with Crippen molar-refractivity contribution in [3.63, 3.8) is 0 Å². The molecule has 1 unspecified atom stereocenters. The number of anilines is 1. The third kappa shape index (κ3) is 4.02. The summed E-state index contributed by atoms with van der Waals surface area (Å²) in [5, 5.41) is 2.96. The molecular formula is C19H22N2O3S. The highest BCUT2D eigenvalue weighted by Crippen LogP contribution is 2.24. The van der Waals surface area contributed by atoms with Crippen LogP contribution in [-0.2, 0) is 10.0 Å². The first-order chi connectivity index (χ1) is 12.0. The van der Waals surface area contributed by atoms with Crippen LogP contribution in [0.1, 0.15) is 41.7 Å². The third-order valence-corrected chi connectivity index (χ3v) is 6.26. The standard InChI is InChI=1S/C19H22N2O3S/c1-15(16-8-3-2-4-9-16)20-19(22)17-10-7-11-18(14-17)21-12-5-6-13-25(21,23)24/h2-4,7-11,14-15H,5-6,12-13H2,1H3,(H,20,22). The Hall–Kier alpha value is -2.34. The van der Waals surface area contributed by atoms with Crippen LogP contribution in [0.3, 0.4) is 0 Å². The first kappa shape index (κ1) is 17.5. The van der Waals surface area contributed by atoms with Gasteiger partial charge >= 0.3 is 0 Å². The van der Waals surface area contributed by atoms with Gasteiger partial charge in [0.05, 0.1) is 17.5 Å². The molecule has 3 rings (SSSR count). The van der Waals surface area contributed by atoms with Gasteiger partial charge in [-0.3, -0.25) is 9.10 Å². The molecule has 0 bridgehead atoms. The Labute approximate surface area is 148 Å². The van der Waals surface area contributed by atoms with E-state index < -0.39 is 10.0 Å². The number of nitrogens with zero attached hydrogens (tertiary/aromatic N) is 1. The summed E-state index contributed by atoms with van der Waals surface area (Å²) >= 11 is 0. The van der Waals surface area contributed by atoms with Crippen molar-refractivity contribution in [2.45, 2.75) is 25.8 Å². The average Bonchev–Trinajstić information content (AvgIpc) is 2.62. The number of sulfonamides is 1. The molecule has 1 aliphatic rings. The minimum atomic E-state index is -3.28. The number of rotatable bonds is 4. The SMILES string of the molecule is CC(NC(=O)c1cccc(N2CCCCS2(=O)=O)c1)c1ccccc1. The predicted molar refractivity (Wildman–Crippen MR) is 99.1 cm³/mol. The quantitative estimate of drug-likeness (QED) is 0.913. The topological polar surface area (TPSA) is 66.5 Å². The summed E-state index contributed by atoms with van der Waals surface area (Å²) in [5.74, 6) is -0.0540. The largest absolute Gasteiger partial charge is 0.346 e. The summed E-state index contributed by atoms with van der Waals surface area (Å²) in [5.41, 5.74) is 2.03. The van der Waals surface area contributed by atoms with E-state index >= 15 is 0 Å². The maximum atomic E-state index is 12.5. The van der Waals surface area contributed by atoms with Crippen molar-refractivity contribution in [1.29, 1.82) is 0 Å². The lowest BCUT2D eigenvalue weighted by Gasteiger charge is -2.28. The van der Waals surface area contributed by atoms with Gasteiger partial charge in [-0.1, -0.05) is 36.4 Å². The molecule has 1 N–H and O–H groups in total. The number of hydrogen-bond acceptors (Lipinski definition) is 3. The molecule has 0 saturated carbocycles. The molecule has 2 aromatic rings. The second-order valence-electron chi connectivity index (χ2n) is 6.25. The van der Waals surface area contributed by atoms with E-state index in [4.69, 9.17) is 0 Å². The van der Waals surface area contributed by atoms with Crippen LogP contribution in [0.4, 0.5) is 5.69 Å². The molecule has 0 aliphatic carbocycles. The normalized spacial score (nSPS) is 17.7. The molecule has 1 atom stereocenters. The second kappa shape index (κ2) is 7.27. The number of hydrogen-bond donors (Lipinski definition) is 1. The number of amides is 1. The zero-order valence-electron chi connectivity index (χ0n) is 14.2. The second-order valence-corrected chi connectivity index (χ2v) is 8.26. The van der Waals surface area contributed by atoms with Gasteiger partial charge in [0.2, 0.25) is 10.0 Å². The molecular weight excluding hydrogens is 336 g/mol. The Morgan fingerprint density at radius 2 is 1.84 bits per heavy atom. The van der Waals surface area contributed by atoms with E-state index in [2.05, 4.69) is 5.32 Å². The summed E-state index contributed by atoms with van der Waals surface area (Å²) in [4.78, 5) is 12.5. The lowest BCUT2D eigenvalue weighted by Crippen LogP contribution is -2.38. The van der Waals surface area contributed by atoms with Crippen molar-refractivity contribution >= 4 is 21.6 Å². The average molecular weight is 358 g/mol. The molecule has 1 saturated heterocycles. The van der Waals surface area contributed by atoms with Gasteiger partial charge in [-0.15, -0.1) is 0 Å². The van der Waals surface area contributed by atoms with E-state index in [9.17, 15) is 13.2 Å². The fourth-order valence-electron chi connectivity index (χ4n) is 2.99. The summed E-state index contributed by atoms with van der Waals surface area (Å²) < 4.78 is 25.9. The number of carbonyl (C=O) groups excluding carboxylic acids is 1. The van der Waals surface area contributed by atoms with Gasteiger partial charge in [0, 0.05) is 12.1 Å². The van der Waals surface area contributed by atoms with Crippen molar-refractivity contribution in [2.24, 2.45) is 0 Å². The van der Waals surface area contributed by atoms with E-state index in [0.717, 1.165) is 12.0 Å². The van der Waals surface area contributed by atoms with Crippen molar-refractivity contribution in [2.75, 3.05) is 16.6 Å². The lowest BCUT2D eigenvalue weighted by molar-refractivity contribution is 0.0940. The Morgan fingerprint density at radius 1 is 1.08 bits per heavy atom. The highest BCUT2D eigenvalue weighted by atomic mass is 32.2. The smallest absolute Gasteiger partial charge is 0.251 e. The lowest BCUT2D eigenvalue weighted by atomic mass is 10.1. The van der Waals surface area contributed by atoms with Crippen LogP contribution in [-0.4, -0.2) is 26.6 Å². The molecule has 0 radical (unpaired) electrons. The minimum absolute atomic E-state index is 0.129. The van der Waals surface area contributed by atoms with Crippen LogP contribution in [0.25, 0.3) is 0 Å². The van der Waals surface area contributed by atoms with E-state index in [-0.39, 0.29) is 17.7 Å². The molecule has 132 valence electrons. The van der Waals surface area contributed by atoms with Crippen LogP contribution in [0.2, 0.25) is 0 Å². The molecule has 2 aromatic carbocycles. The molecule has 25 heavy (non-hydrogen) atoms. The summed E-state index contributed by atoms with van der Waals surface area (Å²) in [6.45, 7) is 2.39. The molecule has 1 amide bonds. The van der Waals surface area contributed by atoms with E-state index in [1.807, 2.05) is 37.3 Å². The van der Waals surface area contributed by atoms with Crippen LogP contribution in [0.5, 0.6) is 0 Å². The van der Waals surface area contributed by atoms with Gasteiger partial charge in [-0.2, -0.15) is 0 Å². The highest BCUT2D eigenvalue weighted by molar-refractivity contribution is 7.92. The van der Waals surface area contributed by atoms with Crippen LogP contribution in [0.15, 0.2) is 54.6 Å². The van der Waals surface area contributed by atoms with E-state index in [1.54, 1.807) is 24.3 Å². The predicted octanol–water partition coefficient (Wildman–Crippen LogP) is 3.11. The van der Waals surface area contributed by atoms with Gasteiger partial charge < -0.3 is 5.32 Å². The van der Waals surface area contributed by atoms with Crippen LogP contribution < -0.4 is 9.62 Å². The van der Waals surface area contributed by atoms with E-state index in [0.29, 0.717) is 24.2 Å². The fraction of sp³-hybridized carbons (Fsp3) is 0.316. The van der Waals surface area contributed by atoms with Crippen molar-refractivity contribution in [3.05, 3.63) is 65.7 Å². The van der Waals surface area contributed by atoms with Gasteiger partial charge in [0.25, 0.3) is 5.91 Å². The van der Waals surface area contributed by atoms with Gasteiger partial charge in [-0.25, -0.2) is 8.42 Å². The summed E-state index contributed by atoms with van der Waals surface area (Å²) in [7, 11) is -3.28. The Bertz CT molecular complexity index is 850. The van der Waals surface area contributed by atoms with Crippen molar-refractivity contribution < 1.29 is 13.2 Å². The van der Waals surface area contributed by atoms with Crippen molar-refractivity contribution in [1.82, 2.24) is 5.32 Å². The summed E-state index contributed by atoms with van der Waals surface area (Å²) in [6.07, 6.45) is 1.52. The Morgan fingerprint density at radius 3 is 2.56 bits per heavy atom. The van der Waals surface area contributed by atoms with Crippen LogP contribution >= 0.6 is 0 Å². The highest BCUT2D eigenvalue weighted by Gasteiger charge is 2.26. The zero-order chi connectivity index (χ0) is 17.9. The molecule has 1 aliphatic heterocycles. The fourth-order valence-corrected chi connectivity index (χ4v) is 4.62. The molecule has 0 aromatic heterocycles. The number of benzene rings is 2. The Kier molecular flexibility index (Phi) is 5.08. The van der Waals surface area contributed by atoms with Gasteiger partial charge in [-0.05, 0) is 43.5 Å². The first-order valence-corrected chi connectivity index (χ1v) is 10.0. The first-order valence-electron chi connectivity index (χ1n) is 8.44. The van der Waals surface area contributed by atoms with Crippen LogP contribution in [0, 0.1) is 0 Å². The monoisotopic (exact) mass is 358 g/mol. The number of nitrogens with one attached hydrogen (secondary N) is 1. The maximum Gasteiger partial charge on any atom is 0.251 e. The molecule has 1 fully saturated rings. The Balaban J connectivity index is 1.78. The van der Waals surface area contributed by atoms with Gasteiger partial charge in [0.1, 0.15) is 0 Å². The van der Waals surface area contributed by atoms with E-state index in [1.165, 1.54) is 4.31 Å². The summed E-state index contributed by atoms with van der Waals surface area (Å²) in [6, 6.07) is 16.4. The third-order valence-electron chi connectivity index (χ3n) is 4.39. The van der Waals surface area contributed by atoms with Crippen molar-refractivity contribution in [3.8, 4) is 0 Å².